The average Bonchev–Trinajstić information content (AvgIpc) is 3.00. The number of pyridine rings is 1. The minimum atomic E-state index is -4.57. The standard InChI is InChI=1S/C15H15F5N4O2/c1-8(2)13-22-12(23-26-13)9-3-11(25-7-15(18,19)20)10(4-21-9)24-5-14(16,17)6-24/h3-4,8H,5-7H2,1-2H3. The second-order valence-electron chi connectivity index (χ2n) is 6.26. The van der Waals surface area contributed by atoms with Crippen LogP contribution in [0.1, 0.15) is 25.7 Å². The number of hydrogen-bond donors (Lipinski definition) is 0. The summed E-state index contributed by atoms with van der Waals surface area (Å²) in [7, 11) is 0. The van der Waals surface area contributed by atoms with Crippen molar-refractivity contribution in [1.29, 1.82) is 0 Å². The van der Waals surface area contributed by atoms with Crippen molar-refractivity contribution in [1.82, 2.24) is 15.1 Å². The fourth-order valence-electron chi connectivity index (χ4n) is 2.32. The summed E-state index contributed by atoms with van der Waals surface area (Å²) in [4.78, 5) is 9.35. The van der Waals surface area contributed by atoms with E-state index in [4.69, 9.17) is 9.26 Å². The van der Waals surface area contributed by atoms with Crippen molar-refractivity contribution < 1.29 is 31.2 Å². The van der Waals surface area contributed by atoms with E-state index in [1.807, 2.05) is 13.8 Å². The van der Waals surface area contributed by atoms with Crippen LogP contribution < -0.4 is 9.64 Å². The minimum Gasteiger partial charge on any atom is -0.482 e. The largest absolute Gasteiger partial charge is 0.482 e. The highest BCUT2D eigenvalue weighted by Gasteiger charge is 2.45. The number of hydrogen-bond acceptors (Lipinski definition) is 6. The molecule has 3 heterocycles. The Balaban J connectivity index is 1.90. The molecule has 1 saturated heterocycles. The molecule has 0 saturated carbocycles. The lowest BCUT2D eigenvalue weighted by Gasteiger charge is -2.40. The molecule has 2 aromatic heterocycles. The summed E-state index contributed by atoms with van der Waals surface area (Å²) in [5, 5.41) is 3.73. The first-order chi connectivity index (χ1) is 12.0. The molecule has 11 heteroatoms. The Bertz CT molecular complexity index is 783. The van der Waals surface area contributed by atoms with Gasteiger partial charge in [0.2, 0.25) is 11.7 Å². The Hall–Kier alpha value is -2.46. The van der Waals surface area contributed by atoms with Crippen LogP contribution in [-0.2, 0) is 0 Å². The zero-order valence-electron chi connectivity index (χ0n) is 13.8. The van der Waals surface area contributed by atoms with Crippen LogP contribution in [0.2, 0.25) is 0 Å². The Labute approximate surface area is 145 Å². The Morgan fingerprint density at radius 3 is 2.54 bits per heavy atom. The number of ether oxygens (including phenoxy) is 1. The lowest BCUT2D eigenvalue weighted by molar-refractivity contribution is -0.153. The molecule has 0 amide bonds. The smallest absolute Gasteiger partial charge is 0.422 e. The molecular weight excluding hydrogens is 363 g/mol. The van der Waals surface area contributed by atoms with Crippen LogP contribution in [0.3, 0.4) is 0 Å². The fraction of sp³-hybridized carbons (Fsp3) is 0.533. The summed E-state index contributed by atoms with van der Waals surface area (Å²) in [5.41, 5.74) is 0.172. The molecule has 2 aromatic rings. The molecule has 0 radical (unpaired) electrons. The summed E-state index contributed by atoms with van der Waals surface area (Å²) in [6.07, 6.45) is -3.40. The summed E-state index contributed by atoms with van der Waals surface area (Å²) < 4.78 is 73.5. The van der Waals surface area contributed by atoms with E-state index in [9.17, 15) is 22.0 Å². The molecular formula is C15H15F5N4O2. The molecule has 0 unspecified atom stereocenters. The van der Waals surface area contributed by atoms with Crippen LogP contribution in [0.5, 0.6) is 5.75 Å². The zero-order chi connectivity index (χ0) is 19.1. The number of anilines is 1. The van der Waals surface area contributed by atoms with Gasteiger partial charge in [0.25, 0.3) is 5.92 Å². The minimum absolute atomic E-state index is 0.0419. The molecule has 0 aliphatic carbocycles. The highest BCUT2D eigenvalue weighted by molar-refractivity contribution is 5.65. The third-order valence-corrected chi connectivity index (χ3v) is 3.59. The van der Waals surface area contributed by atoms with Gasteiger partial charge in [-0.25, -0.2) is 8.78 Å². The molecule has 0 N–H and O–H groups in total. The number of alkyl halides is 5. The van der Waals surface area contributed by atoms with Crippen molar-refractivity contribution in [2.24, 2.45) is 0 Å². The van der Waals surface area contributed by atoms with Gasteiger partial charge in [0.1, 0.15) is 11.4 Å². The maximum Gasteiger partial charge on any atom is 0.422 e. The van der Waals surface area contributed by atoms with Gasteiger partial charge >= 0.3 is 6.18 Å². The van der Waals surface area contributed by atoms with Crippen LogP contribution in [-0.4, -0.2) is 46.9 Å². The molecule has 1 aliphatic rings. The van der Waals surface area contributed by atoms with Crippen molar-refractivity contribution in [2.45, 2.75) is 31.9 Å². The maximum atomic E-state index is 13.1. The van der Waals surface area contributed by atoms with Crippen molar-refractivity contribution >= 4 is 5.69 Å². The Morgan fingerprint density at radius 2 is 2.00 bits per heavy atom. The normalized spacial score (nSPS) is 16.7. The third kappa shape index (κ3) is 4.02. The van der Waals surface area contributed by atoms with Crippen molar-refractivity contribution in [3.05, 3.63) is 18.2 Å². The molecule has 0 aromatic carbocycles. The van der Waals surface area contributed by atoms with Crippen LogP contribution in [0, 0.1) is 0 Å². The number of rotatable bonds is 5. The highest BCUT2D eigenvalue weighted by atomic mass is 19.4. The Morgan fingerprint density at radius 1 is 1.31 bits per heavy atom. The number of aromatic nitrogens is 3. The lowest BCUT2D eigenvalue weighted by atomic mass is 10.1. The number of halogens is 5. The molecule has 6 nitrogen and oxygen atoms in total. The van der Waals surface area contributed by atoms with Crippen molar-refractivity contribution in [3.8, 4) is 17.3 Å². The predicted octanol–water partition coefficient (Wildman–Crippen LogP) is 3.65. The second kappa shape index (κ2) is 6.36. The van der Waals surface area contributed by atoms with E-state index in [2.05, 4.69) is 15.1 Å². The van der Waals surface area contributed by atoms with Gasteiger partial charge in [-0.1, -0.05) is 19.0 Å². The van der Waals surface area contributed by atoms with E-state index in [0.717, 1.165) is 0 Å². The van der Waals surface area contributed by atoms with Gasteiger partial charge in [-0.3, -0.25) is 4.98 Å². The van der Waals surface area contributed by atoms with Gasteiger partial charge in [0.15, 0.2) is 6.61 Å². The summed E-state index contributed by atoms with van der Waals surface area (Å²) in [5.74, 6) is -2.74. The molecule has 3 rings (SSSR count). The SMILES string of the molecule is CC(C)c1nc(-c2cc(OCC(F)(F)F)c(N3CC(F)(F)C3)cn2)no1. The summed E-state index contributed by atoms with van der Waals surface area (Å²) in [6.45, 7) is 0.870. The predicted molar refractivity (Wildman–Crippen MR) is 80.3 cm³/mol. The monoisotopic (exact) mass is 378 g/mol. The van der Waals surface area contributed by atoms with E-state index >= 15 is 0 Å². The van der Waals surface area contributed by atoms with Gasteiger partial charge in [-0.05, 0) is 0 Å². The third-order valence-electron chi connectivity index (χ3n) is 3.59. The topological polar surface area (TPSA) is 64.3 Å². The molecule has 1 fully saturated rings. The maximum absolute atomic E-state index is 13.1. The van der Waals surface area contributed by atoms with Gasteiger partial charge in [-0.2, -0.15) is 18.2 Å². The van der Waals surface area contributed by atoms with E-state index in [1.165, 1.54) is 17.2 Å². The average molecular weight is 378 g/mol. The number of nitrogens with zero attached hydrogens (tertiary/aromatic N) is 4. The van der Waals surface area contributed by atoms with E-state index < -0.39 is 31.8 Å². The summed E-state index contributed by atoms with van der Waals surface area (Å²) >= 11 is 0. The molecule has 142 valence electrons. The van der Waals surface area contributed by atoms with E-state index in [0.29, 0.717) is 5.89 Å². The van der Waals surface area contributed by atoms with Crippen LogP contribution in [0.25, 0.3) is 11.5 Å². The first-order valence-corrected chi connectivity index (χ1v) is 7.70. The van der Waals surface area contributed by atoms with E-state index in [-0.39, 0.29) is 28.9 Å². The summed E-state index contributed by atoms with van der Waals surface area (Å²) in [6, 6.07) is 1.19. The molecule has 0 atom stereocenters. The quantitative estimate of drug-likeness (QED) is 0.740. The van der Waals surface area contributed by atoms with Crippen LogP contribution >= 0.6 is 0 Å². The first kappa shape index (κ1) is 18.3. The molecule has 0 bridgehead atoms. The van der Waals surface area contributed by atoms with Crippen LogP contribution in [0.15, 0.2) is 16.8 Å². The van der Waals surface area contributed by atoms with Gasteiger partial charge < -0.3 is 14.2 Å². The molecule has 26 heavy (non-hydrogen) atoms. The molecule has 0 spiro atoms. The zero-order valence-corrected chi connectivity index (χ0v) is 13.8. The second-order valence-corrected chi connectivity index (χ2v) is 6.26. The van der Waals surface area contributed by atoms with Crippen LogP contribution in [0.4, 0.5) is 27.6 Å². The van der Waals surface area contributed by atoms with Crippen molar-refractivity contribution in [3.63, 3.8) is 0 Å². The lowest BCUT2D eigenvalue weighted by Crippen LogP contribution is -2.56. The highest BCUT2D eigenvalue weighted by Crippen LogP contribution is 2.38. The fourth-order valence-corrected chi connectivity index (χ4v) is 2.32. The Kier molecular flexibility index (Phi) is 4.49. The molecule has 1 aliphatic heterocycles. The van der Waals surface area contributed by atoms with Gasteiger partial charge in [0, 0.05) is 12.0 Å². The van der Waals surface area contributed by atoms with Crippen molar-refractivity contribution in [2.75, 3.05) is 24.6 Å². The van der Waals surface area contributed by atoms with E-state index in [1.54, 1.807) is 0 Å². The first-order valence-electron chi connectivity index (χ1n) is 7.70. The van der Waals surface area contributed by atoms with Gasteiger partial charge in [0.05, 0.1) is 25.0 Å². The van der Waals surface area contributed by atoms with Gasteiger partial charge in [-0.15, -0.1) is 0 Å².